The highest BCUT2D eigenvalue weighted by molar-refractivity contribution is 9.10. The smallest absolute Gasteiger partial charge is 0.239 e. The lowest BCUT2D eigenvalue weighted by Crippen LogP contribution is -2.50. The second-order valence-corrected chi connectivity index (χ2v) is 6.62. The van der Waals surface area contributed by atoms with E-state index in [0.717, 1.165) is 25.8 Å². The SMILES string of the molecule is CC(C)(Br)C(=O)N1CCCCC1CCO. The van der Waals surface area contributed by atoms with Gasteiger partial charge in [-0.25, -0.2) is 0 Å². The van der Waals surface area contributed by atoms with Crippen LogP contribution in [0.5, 0.6) is 0 Å². The van der Waals surface area contributed by atoms with E-state index < -0.39 is 4.32 Å². The third-order valence-electron chi connectivity index (χ3n) is 2.86. The number of aliphatic hydroxyl groups is 1. The summed E-state index contributed by atoms with van der Waals surface area (Å²) in [4.78, 5) is 14.0. The molecule has 0 aromatic heterocycles. The molecular weight excluding hydrogens is 258 g/mol. The quantitative estimate of drug-likeness (QED) is 0.801. The largest absolute Gasteiger partial charge is 0.396 e. The van der Waals surface area contributed by atoms with Crippen molar-refractivity contribution < 1.29 is 9.90 Å². The van der Waals surface area contributed by atoms with Gasteiger partial charge in [0.1, 0.15) is 0 Å². The predicted molar refractivity (Wildman–Crippen MR) is 64.1 cm³/mol. The number of halogens is 1. The van der Waals surface area contributed by atoms with Gasteiger partial charge >= 0.3 is 0 Å². The van der Waals surface area contributed by atoms with Crippen LogP contribution >= 0.6 is 15.9 Å². The van der Waals surface area contributed by atoms with Crippen LogP contribution in [0.4, 0.5) is 0 Å². The summed E-state index contributed by atoms with van der Waals surface area (Å²) in [5.41, 5.74) is 0. The Bertz CT molecular complexity index is 223. The molecule has 0 aromatic carbocycles. The highest BCUT2D eigenvalue weighted by atomic mass is 79.9. The molecule has 1 aliphatic rings. The first-order valence-electron chi connectivity index (χ1n) is 5.57. The summed E-state index contributed by atoms with van der Waals surface area (Å²) < 4.78 is -0.488. The molecule has 0 radical (unpaired) electrons. The Morgan fingerprint density at radius 3 is 2.73 bits per heavy atom. The lowest BCUT2D eigenvalue weighted by Gasteiger charge is -2.38. The van der Waals surface area contributed by atoms with Gasteiger partial charge in [0.05, 0.1) is 4.32 Å². The fourth-order valence-corrected chi connectivity index (χ4v) is 2.29. The molecule has 1 N–H and O–H groups in total. The van der Waals surface area contributed by atoms with Gasteiger partial charge in [-0.15, -0.1) is 0 Å². The first kappa shape index (κ1) is 13.0. The zero-order chi connectivity index (χ0) is 11.5. The summed E-state index contributed by atoms with van der Waals surface area (Å²) in [6.07, 6.45) is 3.97. The van der Waals surface area contributed by atoms with Crippen molar-refractivity contribution in [2.45, 2.75) is 49.9 Å². The van der Waals surface area contributed by atoms with Crippen LogP contribution < -0.4 is 0 Å². The number of hydrogen-bond donors (Lipinski definition) is 1. The van der Waals surface area contributed by atoms with Crippen LogP contribution in [0.1, 0.15) is 39.5 Å². The zero-order valence-corrected chi connectivity index (χ0v) is 11.1. The Morgan fingerprint density at radius 1 is 1.53 bits per heavy atom. The highest BCUT2D eigenvalue weighted by Crippen LogP contribution is 2.26. The topological polar surface area (TPSA) is 40.5 Å². The van der Waals surface area contributed by atoms with Gasteiger partial charge in [0, 0.05) is 19.2 Å². The lowest BCUT2D eigenvalue weighted by molar-refractivity contribution is -0.136. The Morgan fingerprint density at radius 2 is 2.20 bits per heavy atom. The van der Waals surface area contributed by atoms with Crippen molar-refractivity contribution in [3.63, 3.8) is 0 Å². The van der Waals surface area contributed by atoms with Gasteiger partial charge in [-0.2, -0.15) is 0 Å². The molecule has 1 unspecified atom stereocenters. The van der Waals surface area contributed by atoms with Crippen LogP contribution in [0.2, 0.25) is 0 Å². The number of amides is 1. The number of aliphatic hydroxyl groups excluding tert-OH is 1. The Labute approximate surface area is 100.0 Å². The molecule has 1 fully saturated rings. The lowest BCUT2D eigenvalue weighted by atomic mass is 9.98. The molecule has 0 aromatic rings. The van der Waals surface area contributed by atoms with Gasteiger partial charge in [0.15, 0.2) is 0 Å². The zero-order valence-electron chi connectivity index (χ0n) is 9.50. The van der Waals surface area contributed by atoms with E-state index in [1.54, 1.807) is 0 Å². The molecule has 15 heavy (non-hydrogen) atoms. The standard InChI is InChI=1S/C11H20BrNO2/c1-11(2,12)10(15)13-7-4-3-5-9(13)6-8-14/h9,14H,3-8H2,1-2H3. The Hall–Kier alpha value is -0.0900. The molecule has 1 rings (SSSR count). The van der Waals surface area contributed by atoms with Gasteiger partial charge in [0.2, 0.25) is 5.91 Å². The minimum absolute atomic E-state index is 0.139. The molecule has 1 heterocycles. The fourth-order valence-electron chi connectivity index (χ4n) is 2.06. The first-order chi connectivity index (χ1) is 6.96. The molecule has 1 amide bonds. The minimum Gasteiger partial charge on any atom is -0.396 e. The molecule has 0 saturated carbocycles. The van der Waals surface area contributed by atoms with Crippen molar-refractivity contribution in [3.8, 4) is 0 Å². The normalized spacial score (nSPS) is 22.9. The molecule has 0 aliphatic carbocycles. The van der Waals surface area contributed by atoms with Crippen LogP contribution in [0.3, 0.4) is 0 Å². The van der Waals surface area contributed by atoms with Crippen LogP contribution in [-0.2, 0) is 4.79 Å². The summed E-state index contributed by atoms with van der Waals surface area (Å²) in [6.45, 7) is 4.75. The van der Waals surface area contributed by atoms with Crippen molar-refractivity contribution in [2.75, 3.05) is 13.2 Å². The Kier molecular flexibility index (Phi) is 4.59. The fraction of sp³-hybridized carbons (Fsp3) is 0.909. The van der Waals surface area contributed by atoms with Crippen LogP contribution in [0, 0.1) is 0 Å². The number of piperidine rings is 1. The van der Waals surface area contributed by atoms with Gasteiger partial charge in [0.25, 0.3) is 0 Å². The molecule has 1 aliphatic heterocycles. The van der Waals surface area contributed by atoms with E-state index in [0.29, 0.717) is 6.42 Å². The van der Waals surface area contributed by atoms with E-state index in [-0.39, 0.29) is 18.6 Å². The van der Waals surface area contributed by atoms with Gasteiger partial charge in [-0.3, -0.25) is 4.79 Å². The van der Waals surface area contributed by atoms with Crippen molar-refractivity contribution in [3.05, 3.63) is 0 Å². The molecular formula is C11H20BrNO2. The summed E-state index contributed by atoms with van der Waals surface area (Å²) >= 11 is 3.40. The minimum atomic E-state index is -0.488. The highest BCUT2D eigenvalue weighted by Gasteiger charge is 2.34. The van der Waals surface area contributed by atoms with E-state index in [4.69, 9.17) is 5.11 Å². The third-order valence-corrected chi connectivity index (χ3v) is 3.20. The number of alkyl halides is 1. The monoisotopic (exact) mass is 277 g/mol. The van der Waals surface area contributed by atoms with Crippen molar-refractivity contribution in [1.82, 2.24) is 4.90 Å². The summed E-state index contributed by atoms with van der Waals surface area (Å²) in [5, 5.41) is 8.97. The maximum atomic E-state index is 12.1. The van der Waals surface area contributed by atoms with Crippen molar-refractivity contribution in [2.24, 2.45) is 0 Å². The molecule has 88 valence electrons. The average molecular weight is 278 g/mol. The second-order valence-electron chi connectivity index (χ2n) is 4.63. The van der Waals surface area contributed by atoms with E-state index in [1.807, 2.05) is 18.7 Å². The third kappa shape index (κ3) is 3.45. The molecule has 0 bridgehead atoms. The number of likely N-dealkylation sites (tertiary alicyclic amines) is 1. The molecule has 1 atom stereocenters. The van der Waals surface area contributed by atoms with Crippen molar-refractivity contribution >= 4 is 21.8 Å². The van der Waals surface area contributed by atoms with E-state index in [1.165, 1.54) is 0 Å². The molecule has 4 heteroatoms. The number of nitrogens with zero attached hydrogens (tertiary/aromatic N) is 1. The predicted octanol–water partition coefficient (Wildman–Crippen LogP) is 1.92. The number of carbonyl (C=O) groups is 1. The van der Waals surface area contributed by atoms with Gasteiger partial charge in [-0.1, -0.05) is 15.9 Å². The first-order valence-corrected chi connectivity index (χ1v) is 6.37. The number of hydrogen-bond acceptors (Lipinski definition) is 2. The Balaban J connectivity index is 2.67. The molecule has 0 spiro atoms. The summed E-state index contributed by atoms with van der Waals surface area (Å²) in [6, 6.07) is 0.230. The van der Waals surface area contributed by atoms with E-state index in [9.17, 15) is 4.79 Å². The van der Waals surface area contributed by atoms with Crippen LogP contribution in [-0.4, -0.2) is 39.4 Å². The van der Waals surface area contributed by atoms with Crippen LogP contribution in [0.15, 0.2) is 0 Å². The van der Waals surface area contributed by atoms with Gasteiger partial charge in [-0.05, 0) is 39.5 Å². The summed E-state index contributed by atoms with van der Waals surface area (Å²) in [7, 11) is 0. The average Bonchev–Trinajstić information content (AvgIpc) is 2.17. The van der Waals surface area contributed by atoms with Gasteiger partial charge < -0.3 is 10.0 Å². The van der Waals surface area contributed by atoms with Crippen molar-refractivity contribution in [1.29, 1.82) is 0 Å². The maximum absolute atomic E-state index is 12.1. The second kappa shape index (κ2) is 5.30. The number of carbonyl (C=O) groups excluding carboxylic acids is 1. The molecule has 3 nitrogen and oxygen atoms in total. The number of rotatable bonds is 3. The summed E-state index contributed by atoms with van der Waals surface area (Å²) in [5.74, 6) is 0.139. The van der Waals surface area contributed by atoms with E-state index >= 15 is 0 Å². The van der Waals surface area contributed by atoms with Crippen LogP contribution in [0.25, 0.3) is 0 Å². The molecule has 1 saturated heterocycles. The van der Waals surface area contributed by atoms with E-state index in [2.05, 4.69) is 15.9 Å². The maximum Gasteiger partial charge on any atom is 0.239 e.